The Morgan fingerprint density at radius 3 is 1.05 bits per heavy atom. The molecule has 10 aromatic carbocycles. The fourth-order valence-corrected chi connectivity index (χ4v) is 9.11. The van der Waals surface area contributed by atoms with Gasteiger partial charge in [0.25, 0.3) is 0 Å². The predicted molar refractivity (Wildman–Crippen MR) is 259 cm³/mol. The Morgan fingerprint density at radius 1 is 0.258 bits per heavy atom. The van der Waals surface area contributed by atoms with E-state index >= 15 is 0 Å². The first-order valence-corrected chi connectivity index (χ1v) is 21.0. The average Bonchev–Trinajstić information content (AvgIpc) is 3.90. The molecule has 2 aromatic heterocycles. The largest absolute Gasteiger partial charge is 0.456 e. The Hall–Kier alpha value is -8.34. The highest BCUT2D eigenvalue weighted by Gasteiger charge is 2.24. The summed E-state index contributed by atoms with van der Waals surface area (Å²) in [4.78, 5) is 4.73. The van der Waals surface area contributed by atoms with Crippen LogP contribution < -0.4 is 9.80 Å². The van der Waals surface area contributed by atoms with E-state index in [0.717, 1.165) is 111 Å². The van der Waals surface area contributed by atoms with Gasteiger partial charge in [-0.15, -0.1) is 0 Å². The van der Waals surface area contributed by atoms with Gasteiger partial charge < -0.3 is 18.6 Å². The molecule has 0 bridgehead atoms. The van der Waals surface area contributed by atoms with E-state index in [1.54, 1.807) is 0 Å². The number of para-hydroxylation sites is 4. The first-order valence-electron chi connectivity index (χ1n) is 21.0. The van der Waals surface area contributed by atoms with Crippen LogP contribution in [0.2, 0.25) is 0 Å². The number of benzene rings is 10. The molecule has 0 unspecified atom stereocenters. The maximum absolute atomic E-state index is 6.49. The standard InChI is InChI=1S/C58H38N2O2/c1-5-17-39(18-6-1)51-33-41-34-52(40-19-7-2-8-20-40)54(60(44-23-11-4-12-24-44)46-30-32-50-48-26-14-16-28-56(48)62-58(50)38-46)36-42(41)35-53(51)59(43-21-9-3-10-22-43)45-29-31-49-47-25-13-15-27-55(47)61-57(49)37-45/h1-38H. The molecule has 0 atom stereocenters. The van der Waals surface area contributed by atoms with Gasteiger partial charge in [-0.05, 0) is 107 Å². The minimum atomic E-state index is 0.849. The van der Waals surface area contributed by atoms with Crippen LogP contribution in [0.15, 0.2) is 239 Å². The van der Waals surface area contributed by atoms with E-state index in [1.807, 2.05) is 24.3 Å². The van der Waals surface area contributed by atoms with Crippen LogP contribution in [-0.4, -0.2) is 0 Å². The minimum absolute atomic E-state index is 0.849. The third kappa shape index (κ3) is 6.08. The maximum Gasteiger partial charge on any atom is 0.137 e. The number of fused-ring (bicyclic) bond motifs is 7. The van der Waals surface area contributed by atoms with Crippen molar-refractivity contribution in [3.63, 3.8) is 0 Å². The van der Waals surface area contributed by atoms with E-state index < -0.39 is 0 Å². The molecule has 4 nitrogen and oxygen atoms in total. The van der Waals surface area contributed by atoms with Crippen LogP contribution in [-0.2, 0) is 0 Å². The van der Waals surface area contributed by atoms with Crippen molar-refractivity contribution in [1.29, 1.82) is 0 Å². The van der Waals surface area contributed by atoms with Crippen molar-refractivity contribution in [1.82, 2.24) is 0 Å². The number of hydrogen-bond donors (Lipinski definition) is 0. The Bertz CT molecular complexity index is 3340. The second kappa shape index (κ2) is 14.7. The van der Waals surface area contributed by atoms with Crippen molar-refractivity contribution < 1.29 is 8.83 Å². The quantitative estimate of drug-likeness (QED) is 0.153. The van der Waals surface area contributed by atoms with E-state index in [1.165, 1.54) is 0 Å². The molecule has 0 fully saturated rings. The zero-order chi connectivity index (χ0) is 41.0. The molecule has 0 N–H and O–H groups in total. The van der Waals surface area contributed by atoms with Gasteiger partial charge in [0.1, 0.15) is 22.3 Å². The molecule has 12 aromatic rings. The third-order valence-electron chi connectivity index (χ3n) is 12.0. The lowest BCUT2D eigenvalue weighted by molar-refractivity contribution is 0.668. The second-order valence-corrected chi connectivity index (χ2v) is 15.7. The molecule has 0 saturated carbocycles. The fourth-order valence-electron chi connectivity index (χ4n) is 9.11. The minimum Gasteiger partial charge on any atom is -0.456 e. The summed E-state index contributed by atoms with van der Waals surface area (Å²) in [5, 5.41) is 6.65. The molecular weight excluding hydrogens is 757 g/mol. The first kappa shape index (κ1) is 35.6. The lowest BCUT2D eigenvalue weighted by atomic mass is 9.93. The predicted octanol–water partition coefficient (Wildman–Crippen LogP) is 16.9. The number of rotatable bonds is 8. The van der Waals surface area contributed by atoms with E-state index in [2.05, 4.69) is 216 Å². The molecule has 0 amide bonds. The highest BCUT2D eigenvalue weighted by atomic mass is 16.3. The number of anilines is 6. The zero-order valence-corrected chi connectivity index (χ0v) is 33.7. The van der Waals surface area contributed by atoms with Crippen LogP contribution in [0.3, 0.4) is 0 Å². The van der Waals surface area contributed by atoms with Gasteiger partial charge in [-0.1, -0.05) is 133 Å². The molecule has 0 saturated heterocycles. The van der Waals surface area contributed by atoms with Gasteiger partial charge in [0.15, 0.2) is 0 Å². The number of furan rings is 2. The normalized spacial score (nSPS) is 11.5. The van der Waals surface area contributed by atoms with Crippen molar-refractivity contribution in [2.45, 2.75) is 0 Å². The van der Waals surface area contributed by atoms with Crippen molar-refractivity contribution >= 4 is 88.8 Å². The summed E-state index contributed by atoms with van der Waals surface area (Å²) in [7, 11) is 0. The fraction of sp³-hybridized carbons (Fsp3) is 0. The lowest BCUT2D eigenvalue weighted by Crippen LogP contribution is -2.12. The maximum atomic E-state index is 6.49. The van der Waals surface area contributed by atoms with Crippen LogP contribution in [0, 0.1) is 0 Å². The molecule has 0 spiro atoms. The van der Waals surface area contributed by atoms with Crippen LogP contribution in [0.1, 0.15) is 0 Å². The summed E-state index contributed by atoms with van der Waals surface area (Å²) in [5.41, 5.74) is 14.2. The smallest absolute Gasteiger partial charge is 0.137 e. The monoisotopic (exact) mass is 794 g/mol. The Kier molecular flexibility index (Phi) is 8.46. The molecule has 292 valence electrons. The summed E-state index contributed by atoms with van der Waals surface area (Å²) in [6, 6.07) is 81.8. The topological polar surface area (TPSA) is 32.8 Å². The third-order valence-corrected chi connectivity index (χ3v) is 12.0. The molecule has 0 aliphatic rings. The van der Waals surface area contributed by atoms with E-state index in [0.29, 0.717) is 0 Å². The Morgan fingerprint density at radius 2 is 0.613 bits per heavy atom. The zero-order valence-electron chi connectivity index (χ0n) is 33.7. The lowest BCUT2D eigenvalue weighted by Gasteiger charge is -2.30. The molecule has 0 aliphatic heterocycles. The van der Waals surface area contributed by atoms with Gasteiger partial charge in [-0.2, -0.15) is 0 Å². The van der Waals surface area contributed by atoms with E-state index in [4.69, 9.17) is 8.83 Å². The SMILES string of the molecule is c1ccc(-c2cc3cc(-c4ccccc4)c(N(c4ccccc4)c4ccc5c(c4)oc4ccccc45)cc3cc2N(c2ccccc2)c2ccc3c(c2)oc2ccccc23)cc1. The highest BCUT2D eigenvalue weighted by Crippen LogP contribution is 2.48. The second-order valence-electron chi connectivity index (χ2n) is 15.7. The molecule has 12 rings (SSSR count). The average molecular weight is 795 g/mol. The molecular formula is C58H38N2O2. The Labute approximate surface area is 358 Å². The van der Waals surface area contributed by atoms with Gasteiger partial charge in [0.2, 0.25) is 0 Å². The van der Waals surface area contributed by atoms with Crippen molar-refractivity contribution in [3.05, 3.63) is 231 Å². The highest BCUT2D eigenvalue weighted by molar-refractivity contribution is 6.09. The van der Waals surface area contributed by atoms with Gasteiger partial charge in [0, 0.05) is 67.6 Å². The Balaban J connectivity index is 1.13. The van der Waals surface area contributed by atoms with Crippen LogP contribution in [0.5, 0.6) is 0 Å². The summed E-state index contributed by atoms with van der Waals surface area (Å²) < 4.78 is 13.0. The summed E-state index contributed by atoms with van der Waals surface area (Å²) in [6.45, 7) is 0. The van der Waals surface area contributed by atoms with Crippen molar-refractivity contribution in [2.75, 3.05) is 9.80 Å². The van der Waals surface area contributed by atoms with Crippen molar-refractivity contribution in [3.8, 4) is 22.3 Å². The molecule has 2 heterocycles. The first-order chi connectivity index (χ1) is 30.7. The van der Waals surface area contributed by atoms with Crippen molar-refractivity contribution in [2.24, 2.45) is 0 Å². The van der Waals surface area contributed by atoms with Gasteiger partial charge in [0.05, 0.1) is 11.4 Å². The number of nitrogens with zero attached hydrogens (tertiary/aromatic N) is 2. The molecule has 4 heteroatoms. The van der Waals surface area contributed by atoms with Crippen LogP contribution in [0.4, 0.5) is 34.1 Å². The molecule has 0 aliphatic carbocycles. The summed E-state index contributed by atoms with van der Waals surface area (Å²) in [5.74, 6) is 0. The van der Waals surface area contributed by atoms with E-state index in [9.17, 15) is 0 Å². The molecule has 0 radical (unpaired) electrons. The number of hydrogen-bond acceptors (Lipinski definition) is 4. The van der Waals surface area contributed by atoms with Gasteiger partial charge >= 0.3 is 0 Å². The summed E-state index contributed by atoms with van der Waals surface area (Å²) >= 11 is 0. The molecule has 62 heavy (non-hydrogen) atoms. The van der Waals surface area contributed by atoms with Crippen LogP contribution in [0.25, 0.3) is 76.9 Å². The van der Waals surface area contributed by atoms with Gasteiger partial charge in [-0.3, -0.25) is 0 Å². The summed E-state index contributed by atoms with van der Waals surface area (Å²) in [6.07, 6.45) is 0. The van der Waals surface area contributed by atoms with Crippen LogP contribution >= 0.6 is 0 Å². The van der Waals surface area contributed by atoms with E-state index in [-0.39, 0.29) is 0 Å². The van der Waals surface area contributed by atoms with Gasteiger partial charge in [-0.25, -0.2) is 0 Å².